The van der Waals surface area contributed by atoms with Gasteiger partial charge in [0.25, 0.3) is 0 Å². The van der Waals surface area contributed by atoms with Crippen LogP contribution in [0.25, 0.3) is 0 Å². The van der Waals surface area contributed by atoms with Crippen molar-refractivity contribution in [3.63, 3.8) is 0 Å². The summed E-state index contributed by atoms with van der Waals surface area (Å²) in [5.41, 5.74) is 5.84. The maximum Gasteiger partial charge on any atom is 0.0640 e. The second kappa shape index (κ2) is 22.2. The van der Waals surface area contributed by atoms with E-state index in [1.807, 2.05) is 47.0 Å². The number of nitrogens with one attached hydrogen (secondary N) is 2. The fraction of sp³-hybridized carbons (Fsp3) is 0.621. The van der Waals surface area contributed by atoms with E-state index in [2.05, 4.69) is 68.4 Å². The summed E-state index contributed by atoms with van der Waals surface area (Å²) >= 11 is 6.39. The van der Waals surface area contributed by atoms with E-state index in [-0.39, 0.29) is 0 Å². The predicted octanol–water partition coefficient (Wildman–Crippen LogP) is 8.86. The predicted molar refractivity (Wildman–Crippen MR) is 152 cm³/mol. The first-order chi connectivity index (χ1) is 16.0. The molecule has 2 N–H and O–H groups in total. The van der Waals surface area contributed by atoms with E-state index in [1.54, 1.807) is 0 Å². The summed E-state index contributed by atoms with van der Waals surface area (Å²) in [6.45, 7) is 20.7. The van der Waals surface area contributed by atoms with Crippen molar-refractivity contribution in [2.75, 3.05) is 18.9 Å². The lowest BCUT2D eigenvalue weighted by atomic mass is 10.0. The SMILES string of the molecule is CC.CC.CCCC(C)CC.CCc1ccc(CNc2c(Cl)ccc(C)c2CCNC)nc1. The molecule has 0 saturated heterocycles. The maximum atomic E-state index is 6.39. The number of rotatable bonds is 10. The van der Waals surface area contributed by atoms with Gasteiger partial charge in [-0.1, -0.05) is 98.4 Å². The number of benzene rings is 1. The van der Waals surface area contributed by atoms with Crippen molar-refractivity contribution in [2.24, 2.45) is 5.92 Å². The van der Waals surface area contributed by atoms with Crippen molar-refractivity contribution in [1.29, 1.82) is 0 Å². The minimum Gasteiger partial charge on any atom is -0.378 e. The minimum atomic E-state index is 0.680. The summed E-state index contributed by atoms with van der Waals surface area (Å²) in [7, 11) is 1.96. The van der Waals surface area contributed by atoms with Crippen LogP contribution in [0.5, 0.6) is 0 Å². The van der Waals surface area contributed by atoms with Gasteiger partial charge in [-0.05, 0) is 68.1 Å². The molecule has 1 heterocycles. The molecule has 2 rings (SSSR count). The second-order valence-electron chi connectivity index (χ2n) is 7.74. The van der Waals surface area contributed by atoms with Crippen LogP contribution in [0.15, 0.2) is 30.5 Å². The average Bonchev–Trinajstić information content (AvgIpc) is 2.87. The van der Waals surface area contributed by atoms with Crippen molar-refractivity contribution < 1.29 is 0 Å². The van der Waals surface area contributed by atoms with E-state index >= 15 is 0 Å². The van der Waals surface area contributed by atoms with Crippen LogP contribution in [0.1, 0.15) is 97.0 Å². The van der Waals surface area contributed by atoms with Crippen LogP contribution in [0.3, 0.4) is 0 Å². The smallest absolute Gasteiger partial charge is 0.0640 e. The van der Waals surface area contributed by atoms with Crippen LogP contribution in [-0.4, -0.2) is 18.6 Å². The van der Waals surface area contributed by atoms with Gasteiger partial charge in [0.05, 0.1) is 22.9 Å². The Morgan fingerprint density at radius 1 is 1.00 bits per heavy atom. The van der Waals surface area contributed by atoms with Gasteiger partial charge in [-0.25, -0.2) is 0 Å². The Morgan fingerprint density at radius 2 is 1.67 bits per heavy atom. The Hall–Kier alpha value is -1.58. The molecule has 1 aromatic carbocycles. The standard InChI is InChI=1S/C18H24ClN3.C7H16.2C2H6/c1-4-14-6-7-15(21-11-14)12-22-18-16(9-10-20-3)13(2)5-8-17(18)19;1-4-6-7(3)5-2;2*1-2/h5-8,11,20,22H,4,9-10,12H2,1-3H3;7H,4-6H2,1-3H3;2*1-2H3. The number of aromatic nitrogens is 1. The summed E-state index contributed by atoms with van der Waals surface area (Å²) in [4.78, 5) is 4.49. The summed E-state index contributed by atoms with van der Waals surface area (Å²) in [5.74, 6) is 0.949. The molecule has 3 nitrogen and oxygen atoms in total. The third-order valence-corrected chi connectivity index (χ3v) is 5.66. The van der Waals surface area contributed by atoms with Crippen LogP contribution >= 0.6 is 11.6 Å². The van der Waals surface area contributed by atoms with Gasteiger partial charge in [0.1, 0.15) is 0 Å². The van der Waals surface area contributed by atoms with Crippen LogP contribution in [0, 0.1) is 12.8 Å². The largest absolute Gasteiger partial charge is 0.378 e. The molecule has 190 valence electrons. The van der Waals surface area contributed by atoms with Crippen molar-refractivity contribution in [2.45, 2.75) is 101 Å². The van der Waals surface area contributed by atoms with E-state index in [9.17, 15) is 0 Å². The second-order valence-corrected chi connectivity index (χ2v) is 8.15. The van der Waals surface area contributed by atoms with Crippen LogP contribution < -0.4 is 10.6 Å². The fourth-order valence-electron chi connectivity index (χ4n) is 3.13. The number of hydrogen-bond acceptors (Lipinski definition) is 3. The molecule has 0 aliphatic carbocycles. The molecule has 0 aliphatic rings. The van der Waals surface area contributed by atoms with Gasteiger partial charge in [-0.15, -0.1) is 0 Å². The summed E-state index contributed by atoms with van der Waals surface area (Å²) < 4.78 is 0. The van der Waals surface area contributed by atoms with E-state index < -0.39 is 0 Å². The van der Waals surface area contributed by atoms with E-state index in [4.69, 9.17) is 11.6 Å². The molecule has 0 amide bonds. The van der Waals surface area contributed by atoms with Crippen molar-refractivity contribution >= 4 is 17.3 Å². The molecule has 4 heteroatoms. The van der Waals surface area contributed by atoms with E-state index in [0.717, 1.165) is 41.7 Å². The van der Waals surface area contributed by atoms with Crippen molar-refractivity contribution in [3.05, 3.63) is 57.9 Å². The molecule has 0 bridgehead atoms. The number of hydrogen-bond donors (Lipinski definition) is 2. The molecule has 33 heavy (non-hydrogen) atoms. The lowest BCUT2D eigenvalue weighted by Gasteiger charge is -2.16. The lowest BCUT2D eigenvalue weighted by molar-refractivity contribution is 0.509. The number of halogens is 1. The van der Waals surface area contributed by atoms with Gasteiger partial charge in [0.15, 0.2) is 0 Å². The molecular formula is C29H52ClN3. The topological polar surface area (TPSA) is 37.0 Å². The van der Waals surface area contributed by atoms with Gasteiger partial charge in [-0.2, -0.15) is 0 Å². The highest BCUT2D eigenvalue weighted by atomic mass is 35.5. The first-order valence-electron chi connectivity index (χ1n) is 13.1. The number of likely N-dealkylation sites (N-methyl/N-ethyl adjacent to an activating group) is 1. The summed E-state index contributed by atoms with van der Waals surface area (Å²) in [5, 5.41) is 7.42. The van der Waals surface area contributed by atoms with Crippen LogP contribution in [0.2, 0.25) is 5.02 Å². The molecular weight excluding hydrogens is 426 g/mol. The summed E-state index contributed by atoms with van der Waals surface area (Å²) in [6.07, 6.45) is 7.99. The van der Waals surface area contributed by atoms with Gasteiger partial charge in [0, 0.05) is 6.20 Å². The monoisotopic (exact) mass is 477 g/mol. The maximum absolute atomic E-state index is 6.39. The Bertz CT molecular complexity index is 699. The third-order valence-electron chi connectivity index (χ3n) is 5.34. The molecule has 0 aliphatic heterocycles. The molecule has 1 unspecified atom stereocenters. The van der Waals surface area contributed by atoms with E-state index in [1.165, 1.54) is 36.0 Å². The van der Waals surface area contributed by atoms with E-state index in [0.29, 0.717) is 6.54 Å². The highest BCUT2D eigenvalue weighted by molar-refractivity contribution is 6.33. The molecule has 0 spiro atoms. The first kappa shape index (κ1) is 33.6. The Balaban J connectivity index is 0. The van der Waals surface area contributed by atoms with Crippen molar-refractivity contribution in [1.82, 2.24) is 10.3 Å². The third kappa shape index (κ3) is 14.3. The average molecular weight is 478 g/mol. The number of anilines is 1. The molecule has 1 atom stereocenters. The Morgan fingerprint density at radius 3 is 2.12 bits per heavy atom. The quantitative estimate of drug-likeness (QED) is 0.358. The number of nitrogens with zero attached hydrogens (tertiary/aromatic N) is 1. The molecule has 0 radical (unpaired) electrons. The number of pyridine rings is 1. The molecule has 2 aromatic rings. The highest BCUT2D eigenvalue weighted by Crippen LogP contribution is 2.29. The van der Waals surface area contributed by atoms with Crippen LogP contribution in [-0.2, 0) is 19.4 Å². The zero-order valence-corrected chi connectivity index (χ0v) is 24.0. The Labute approximate surface area is 211 Å². The molecule has 0 saturated carbocycles. The molecule has 1 aromatic heterocycles. The fourth-order valence-corrected chi connectivity index (χ4v) is 3.38. The first-order valence-corrected chi connectivity index (χ1v) is 13.4. The summed E-state index contributed by atoms with van der Waals surface area (Å²) in [6, 6.07) is 8.23. The van der Waals surface area contributed by atoms with Crippen LogP contribution in [0.4, 0.5) is 5.69 Å². The highest BCUT2D eigenvalue weighted by Gasteiger charge is 2.10. The molecule has 0 fully saturated rings. The van der Waals surface area contributed by atoms with Gasteiger partial charge in [-0.3, -0.25) is 4.98 Å². The normalized spacial score (nSPS) is 10.5. The van der Waals surface area contributed by atoms with Crippen molar-refractivity contribution in [3.8, 4) is 0 Å². The number of aryl methyl sites for hydroxylation is 2. The van der Waals surface area contributed by atoms with Gasteiger partial charge >= 0.3 is 0 Å². The Kier molecular flexibility index (Phi) is 22.6. The minimum absolute atomic E-state index is 0.680. The zero-order valence-electron chi connectivity index (χ0n) is 23.2. The lowest BCUT2D eigenvalue weighted by Crippen LogP contribution is -2.13. The van der Waals surface area contributed by atoms with Gasteiger partial charge in [0.2, 0.25) is 0 Å². The zero-order chi connectivity index (χ0) is 25.6. The van der Waals surface area contributed by atoms with Gasteiger partial charge < -0.3 is 10.6 Å².